The molecule has 0 aliphatic heterocycles. The van der Waals surface area contributed by atoms with Crippen LogP contribution in [0, 0.1) is 0 Å². The Hall–Kier alpha value is -2.26. The number of amides is 1. The van der Waals surface area contributed by atoms with E-state index < -0.39 is 11.7 Å². The van der Waals surface area contributed by atoms with Gasteiger partial charge in [-0.15, -0.1) is 0 Å². The Balaban J connectivity index is 2.27. The summed E-state index contributed by atoms with van der Waals surface area (Å²) in [5.74, 6) is 0. The average molecular weight is 344 g/mol. The van der Waals surface area contributed by atoms with Gasteiger partial charge >= 0.3 is 6.09 Å². The zero-order valence-electron chi connectivity index (χ0n) is 14.3. The second-order valence-corrected chi connectivity index (χ2v) is 6.95. The van der Waals surface area contributed by atoms with Crippen LogP contribution in [0.1, 0.15) is 26.3 Å². The Labute approximate surface area is 148 Å². The fourth-order valence-electron chi connectivity index (χ4n) is 2.16. The molecule has 0 atom stereocenters. The minimum Gasteiger partial charge on any atom is -0.443 e. The van der Waals surface area contributed by atoms with E-state index in [2.05, 4.69) is 6.58 Å². The molecule has 3 nitrogen and oxygen atoms in total. The van der Waals surface area contributed by atoms with E-state index in [-0.39, 0.29) is 0 Å². The lowest BCUT2D eigenvalue weighted by Crippen LogP contribution is -2.37. The van der Waals surface area contributed by atoms with Crippen LogP contribution in [0.5, 0.6) is 0 Å². The highest BCUT2D eigenvalue weighted by atomic mass is 35.5. The van der Waals surface area contributed by atoms with Crippen molar-refractivity contribution < 1.29 is 9.53 Å². The highest BCUT2D eigenvalue weighted by molar-refractivity contribution is 6.30. The van der Waals surface area contributed by atoms with Crippen molar-refractivity contribution in [3.8, 4) is 0 Å². The summed E-state index contributed by atoms with van der Waals surface area (Å²) in [5.41, 5.74) is 1.96. The second kappa shape index (κ2) is 7.54. The van der Waals surface area contributed by atoms with Crippen molar-refractivity contribution in [3.63, 3.8) is 0 Å². The van der Waals surface area contributed by atoms with Crippen LogP contribution in [-0.2, 0) is 4.74 Å². The highest BCUT2D eigenvalue weighted by Crippen LogP contribution is 2.24. The van der Waals surface area contributed by atoms with E-state index in [0.717, 1.165) is 11.1 Å². The molecule has 1 amide bonds. The first-order chi connectivity index (χ1) is 11.3. The van der Waals surface area contributed by atoms with Crippen molar-refractivity contribution in [2.45, 2.75) is 26.4 Å². The maximum absolute atomic E-state index is 12.6. The van der Waals surface area contributed by atoms with Gasteiger partial charge in [-0.1, -0.05) is 48.5 Å². The number of ether oxygens (including phenoxy) is 1. The number of hydrogen-bond acceptors (Lipinski definition) is 2. The molecule has 0 bridgehead atoms. The highest BCUT2D eigenvalue weighted by Gasteiger charge is 2.24. The third kappa shape index (κ3) is 5.14. The standard InChI is InChI=1S/C20H22ClNO2/c1-15(16-8-6-5-7-9-16)14-22(19(23)24-20(2,3)4)18-12-10-17(21)11-13-18/h5-13H,1,14H2,2-4H3. The number of carbonyl (C=O) groups excluding carboxylic acids is 1. The minimum atomic E-state index is -0.574. The average Bonchev–Trinajstić information content (AvgIpc) is 2.52. The van der Waals surface area contributed by atoms with Crippen molar-refractivity contribution >= 4 is 29.0 Å². The molecular formula is C20H22ClNO2. The van der Waals surface area contributed by atoms with Crippen LogP contribution in [0.2, 0.25) is 5.02 Å². The normalized spacial score (nSPS) is 11.0. The number of carbonyl (C=O) groups is 1. The monoisotopic (exact) mass is 343 g/mol. The number of halogens is 1. The lowest BCUT2D eigenvalue weighted by Gasteiger charge is -2.28. The molecule has 0 fully saturated rings. The molecule has 2 rings (SSSR count). The zero-order valence-corrected chi connectivity index (χ0v) is 15.0. The van der Waals surface area contributed by atoms with Gasteiger partial charge in [0.05, 0.1) is 6.54 Å². The quantitative estimate of drug-likeness (QED) is 0.702. The van der Waals surface area contributed by atoms with Gasteiger partial charge in [0.1, 0.15) is 5.60 Å². The van der Waals surface area contributed by atoms with Crippen molar-refractivity contribution in [1.82, 2.24) is 0 Å². The van der Waals surface area contributed by atoms with Gasteiger partial charge in [-0.05, 0) is 56.2 Å². The minimum absolute atomic E-state index is 0.334. The fraction of sp³-hybridized carbons (Fsp3) is 0.250. The molecular weight excluding hydrogens is 322 g/mol. The van der Waals surface area contributed by atoms with Crippen LogP contribution in [0.25, 0.3) is 5.57 Å². The summed E-state index contributed by atoms with van der Waals surface area (Å²) in [6, 6.07) is 16.9. The maximum atomic E-state index is 12.6. The second-order valence-electron chi connectivity index (χ2n) is 6.51. The van der Waals surface area contributed by atoms with Crippen LogP contribution in [-0.4, -0.2) is 18.2 Å². The van der Waals surface area contributed by atoms with Gasteiger partial charge < -0.3 is 4.74 Å². The zero-order chi connectivity index (χ0) is 17.7. The molecule has 126 valence electrons. The Morgan fingerprint density at radius 1 is 1.08 bits per heavy atom. The fourth-order valence-corrected chi connectivity index (χ4v) is 2.28. The summed E-state index contributed by atoms with van der Waals surface area (Å²) >= 11 is 5.95. The Bertz CT molecular complexity index is 703. The molecule has 0 saturated carbocycles. The van der Waals surface area contributed by atoms with E-state index in [1.54, 1.807) is 29.2 Å². The van der Waals surface area contributed by atoms with E-state index in [4.69, 9.17) is 16.3 Å². The van der Waals surface area contributed by atoms with Crippen LogP contribution in [0.15, 0.2) is 61.2 Å². The Morgan fingerprint density at radius 2 is 1.67 bits per heavy atom. The van der Waals surface area contributed by atoms with Crippen molar-refractivity contribution in [1.29, 1.82) is 0 Å². The molecule has 0 N–H and O–H groups in total. The van der Waals surface area contributed by atoms with Gasteiger partial charge in [0.15, 0.2) is 0 Å². The summed E-state index contributed by atoms with van der Waals surface area (Å²) in [6.45, 7) is 9.98. The third-order valence-corrected chi connectivity index (χ3v) is 3.54. The van der Waals surface area contributed by atoms with E-state index in [0.29, 0.717) is 17.3 Å². The molecule has 24 heavy (non-hydrogen) atoms. The molecule has 0 saturated heterocycles. The predicted molar refractivity (Wildman–Crippen MR) is 101 cm³/mol. The van der Waals surface area contributed by atoms with Crippen LogP contribution >= 0.6 is 11.6 Å². The summed E-state index contributed by atoms with van der Waals surface area (Å²) in [6.07, 6.45) is -0.415. The number of nitrogens with zero attached hydrogens (tertiary/aromatic N) is 1. The van der Waals surface area contributed by atoms with Gasteiger partial charge in [0, 0.05) is 10.7 Å². The molecule has 0 radical (unpaired) electrons. The van der Waals surface area contributed by atoms with Gasteiger partial charge in [0.25, 0.3) is 0 Å². The molecule has 0 aromatic heterocycles. The summed E-state index contributed by atoms with van der Waals surface area (Å²) in [5, 5.41) is 0.616. The van der Waals surface area contributed by atoms with Crippen molar-refractivity contribution in [2.24, 2.45) is 0 Å². The summed E-state index contributed by atoms with van der Waals surface area (Å²) in [7, 11) is 0. The molecule has 0 aliphatic rings. The first-order valence-electron chi connectivity index (χ1n) is 7.75. The maximum Gasteiger partial charge on any atom is 0.415 e. The smallest absolute Gasteiger partial charge is 0.415 e. The van der Waals surface area contributed by atoms with E-state index in [1.807, 2.05) is 51.1 Å². The number of rotatable bonds is 4. The molecule has 0 unspecified atom stereocenters. The van der Waals surface area contributed by atoms with Crippen LogP contribution < -0.4 is 4.90 Å². The lowest BCUT2D eigenvalue weighted by molar-refractivity contribution is 0.0585. The van der Waals surface area contributed by atoms with Crippen LogP contribution in [0.4, 0.5) is 10.5 Å². The van der Waals surface area contributed by atoms with Gasteiger partial charge in [-0.3, -0.25) is 4.90 Å². The molecule has 4 heteroatoms. The van der Waals surface area contributed by atoms with Gasteiger partial charge in [0.2, 0.25) is 0 Å². The molecule has 0 spiro atoms. The first-order valence-corrected chi connectivity index (χ1v) is 8.13. The van der Waals surface area contributed by atoms with Gasteiger partial charge in [-0.25, -0.2) is 4.79 Å². The molecule has 2 aromatic rings. The Morgan fingerprint density at radius 3 is 2.21 bits per heavy atom. The number of benzene rings is 2. The van der Waals surface area contributed by atoms with Gasteiger partial charge in [-0.2, -0.15) is 0 Å². The van der Waals surface area contributed by atoms with Crippen molar-refractivity contribution in [2.75, 3.05) is 11.4 Å². The Kier molecular flexibility index (Phi) is 5.68. The topological polar surface area (TPSA) is 29.5 Å². The summed E-state index contributed by atoms with van der Waals surface area (Å²) in [4.78, 5) is 14.2. The van der Waals surface area contributed by atoms with E-state index in [1.165, 1.54) is 0 Å². The number of anilines is 1. The predicted octanol–water partition coefficient (Wildman–Crippen LogP) is 5.79. The largest absolute Gasteiger partial charge is 0.443 e. The lowest BCUT2D eigenvalue weighted by atomic mass is 10.1. The van der Waals surface area contributed by atoms with E-state index in [9.17, 15) is 4.79 Å². The SMILES string of the molecule is C=C(CN(C(=O)OC(C)(C)C)c1ccc(Cl)cc1)c1ccccc1. The summed E-state index contributed by atoms with van der Waals surface area (Å²) < 4.78 is 5.53. The first kappa shape index (κ1) is 18.1. The molecule has 0 aliphatic carbocycles. The van der Waals surface area contributed by atoms with Crippen LogP contribution in [0.3, 0.4) is 0 Å². The number of hydrogen-bond donors (Lipinski definition) is 0. The molecule has 2 aromatic carbocycles. The van der Waals surface area contributed by atoms with Crippen molar-refractivity contribution in [3.05, 3.63) is 71.8 Å². The third-order valence-electron chi connectivity index (χ3n) is 3.28. The van der Waals surface area contributed by atoms with E-state index >= 15 is 0 Å². The molecule has 0 heterocycles.